The van der Waals surface area contributed by atoms with Crippen molar-refractivity contribution in [1.82, 2.24) is 4.98 Å². The predicted molar refractivity (Wildman–Crippen MR) is 84.2 cm³/mol. The summed E-state index contributed by atoms with van der Waals surface area (Å²) in [7, 11) is 0. The van der Waals surface area contributed by atoms with Gasteiger partial charge in [0.1, 0.15) is 0 Å². The Morgan fingerprint density at radius 2 is 2.00 bits per heavy atom. The first-order valence-electron chi connectivity index (χ1n) is 7.33. The zero-order chi connectivity index (χ0) is 14.5. The number of hydrogen-bond acceptors (Lipinski definition) is 4. The standard InChI is InChI=1S/C17H19N3O/c21-19-16-8-5-12-20(17-9-2-1-7-15(16)17)13-10-14-6-3-4-11-18-14/h1-4,6-7,9,11,21H,5,8,10,12-13H2/b19-16-. The molecule has 1 aliphatic rings. The van der Waals surface area contributed by atoms with Gasteiger partial charge < -0.3 is 10.1 Å². The fourth-order valence-corrected chi connectivity index (χ4v) is 2.82. The molecule has 3 rings (SSSR count). The van der Waals surface area contributed by atoms with Crippen molar-refractivity contribution in [2.45, 2.75) is 19.3 Å². The van der Waals surface area contributed by atoms with Crippen LogP contribution >= 0.6 is 0 Å². The molecular formula is C17H19N3O. The lowest BCUT2D eigenvalue weighted by Crippen LogP contribution is -2.26. The molecule has 0 saturated carbocycles. The smallest absolute Gasteiger partial charge is 0.0889 e. The Morgan fingerprint density at radius 3 is 2.81 bits per heavy atom. The molecule has 0 spiro atoms. The van der Waals surface area contributed by atoms with E-state index in [-0.39, 0.29) is 0 Å². The lowest BCUT2D eigenvalue weighted by Gasteiger charge is -2.24. The number of oxime groups is 1. The summed E-state index contributed by atoms with van der Waals surface area (Å²) in [5.74, 6) is 0. The first-order valence-corrected chi connectivity index (χ1v) is 7.33. The number of para-hydroxylation sites is 1. The number of aromatic nitrogens is 1. The molecule has 1 aliphatic heterocycles. The molecule has 1 N–H and O–H groups in total. The maximum Gasteiger partial charge on any atom is 0.0889 e. The van der Waals surface area contributed by atoms with E-state index in [1.165, 1.54) is 0 Å². The normalized spacial score (nSPS) is 16.6. The van der Waals surface area contributed by atoms with Crippen LogP contribution in [0.2, 0.25) is 0 Å². The Labute approximate surface area is 124 Å². The summed E-state index contributed by atoms with van der Waals surface area (Å²) in [6.45, 7) is 1.90. The molecule has 2 heterocycles. The van der Waals surface area contributed by atoms with Crippen LogP contribution in [0.3, 0.4) is 0 Å². The van der Waals surface area contributed by atoms with Gasteiger partial charge in [-0.15, -0.1) is 0 Å². The van der Waals surface area contributed by atoms with Gasteiger partial charge in [0.15, 0.2) is 0 Å². The summed E-state index contributed by atoms with van der Waals surface area (Å²) >= 11 is 0. The second kappa shape index (κ2) is 6.39. The number of benzene rings is 1. The van der Waals surface area contributed by atoms with Crippen molar-refractivity contribution in [2.75, 3.05) is 18.0 Å². The second-order valence-electron chi connectivity index (χ2n) is 5.23. The summed E-state index contributed by atoms with van der Waals surface area (Å²) < 4.78 is 0. The highest BCUT2D eigenvalue weighted by Gasteiger charge is 2.19. The topological polar surface area (TPSA) is 48.7 Å². The first kappa shape index (κ1) is 13.6. The highest BCUT2D eigenvalue weighted by molar-refractivity contribution is 6.05. The lowest BCUT2D eigenvalue weighted by molar-refractivity contribution is 0.318. The molecule has 4 heteroatoms. The molecule has 0 saturated heterocycles. The maximum absolute atomic E-state index is 9.22. The molecule has 0 bridgehead atoms. The van der Waals surface area contributed by atoms with Crippen LogP contribution in [0.25, 0.3) is 0 Å². The number of nitrogens with zero attached hydrogens (tertiary/aromatic N) is 3. The minimum absolute atomic E-state index is 0.783. The highest BCUT2D eigenvalue weighted by Crippen LogP contribution is 2.26. The van der Waals surface area contributed by atoms with Crippen LogP contribution in [-0.4, -0.2) is 29.0 Å². The average Bonchev–Trinajstić information content (AvgIpc) is 2.73. The molecule has 2 aromatic rings. The lowest BCUT2D eigenvalue weighted by atomic mass is 10.1. The van der Waals surface area contributed by atoms with Crippen molar-refractivity contribution in [1.29, 1.82) is 0 Å². The summed E-state index contributed by atoms with van der Waals surface area (Å²) in [6.07, 6.45) is 4.56. The van der Waals surface area contributed by atoms with E-state index in [1.54, 1.807) is 0 Å². The predicted octanol–water partition coefficient (Wildman–Crippen LogP) is 3.10. The molecule has 0 radical (unpaired) electrons. The molecule has 1 aromatic carbocycles. The van der Waals surface area contributed by atoms with Crippen LogP contribution in [0.1, 0.15) is 24.1 Å². The van der Waals surface area contributed by atoms with Crippen molar-refractivity contribution < 1.29 is 5.21 Å². The fourth-order valence-electron chi connectivity index (χ4n) is 2.82. The molecule has 0 unspecified atom stereocenters. The summed E-state index contributed by atoms with van der Waals surface area (Å²) in [6, 6.07) is 14.2. The third-order valence-electron chi connectivity index (χ3n) is 3.88. The number of rotatable bonds is 3. The summed E-state index contributed by atoms with van der Waals surface area (Å²) in [4.78, 5) is 6.75. The van der Waals surface area contributed by atoms with Crippen molar-refractivity contribution in [3.05, 3.63) is 59.9 Å². The second-order valence-corrected chi connectivity index (χ2v) is 5.23. The molecule has 108 valence electrons. The van der Waals surface area contributed by atoms with E-state index in [0.717, 1.165) is 55.0 Å². The Kier molecular flexibility index (Phi) is 4.15. The molecule has 0 amide bonds. The van der Waals surface area contributed by atoms with Gasteiger partial charge in [-0.3, -0.25) is 4.98 Å². The fraction of sp³-hybridized carbons (Fsp3) is 0.294. The Balaban J connectivity index is 1.82. The summed E-state index contributed by atoms with van der Waals surface area (Å²) in [5.41, 5.74) is 4.08. The van der Waals surface area contributed by atoms with Crippen molar-refractivity contribution in [3.63, 3.8) is 0 Å². The molecule has 21 heavy (non-hydrogen) atoms. The van der Waals surface area contributed by atoms with E-state index in [9.17, 15) is 5.21 Å². The van der Waals surface area contributed by atoms with E-state index in [0.29, 0.717) is 0 Å². The molecule has 0 aliphatic carbocycles. The largest absolute Gasteiger partial charge is 0.411 e. The van der Waals surface area contributed by atoms with Gasteiger partial charge in [-0.25, -0.2) is 0 Å². The van der Waals surface area contributed by atoms with Crippen molar-refractivity contribution >= 4 is 11.4 Å². The van der Waals surface area contributed by atoms with Gasteiger partial charge in [-0.2, -0.15) is 0 Å². The van der Waals surface area contributed by atoms with E-state index < -0.39 is 0 Å². The minimum atomic E-state index is 0.783. The van der Waals surface area contributed by atoms with Gasteiger partial charge in [0.05, 0.1) is 5.71 Å². The van der Waals surface area contributed by atoms with Crippen LogP contribution in [0.15, 0.2) is 53.8 Å². The van der Waals surface area contributed by atoms with Crippen LogP contribution in [0.4, 0.5) is 5.69 Å². The Morgan fingerprint density at radius 1 is 1.14 bits per heavy atom. The minimum Gasteiger partial charge on any atom is -0.411 e. The van der Waals surface area contributed by atoms with Gasteiger partial charge in [-0.1, -0.05) is 29.4 Å². The first-order chi connectivity index (χ1) is 10.4. The number of hydrogen-bond donors (Lipinski definition) is 1. The molecular weight excluding hydrogens is 262 g/mol. The van der Waals surface area contributed by atoms with Gasteiger partial charge >= 0.3 is 0 Å². The van der Waals surface area contributed by atoms with Crippen LogP contribution in [-0.2, 0) is 6.42 Å². The number of pyridine rings is 1. The quantitative estimate of drug-likeness (QED) is 0.694. The monoisotopic (exact) mass is 281 g/mol. The Bertz CT molecular complexity index is 625. The van der Waals surface area contributed by atoms with Gasteiger partial charge in [0.25, 0.3) is 0 Å². The molecule has 0 atom stereocenters. The van der Waals surface area contributed by atoms with E-state index in [2.05, 4.69) is 27.2 Å². The van der Waals surface area contributed by atoms with Crippen LogP contribution in [0.5, 0.6) is 0 Å². The average molecular weight is 281 g/mol. The van der Waals surface area contributed by atoms with Crippen molar-refractivity contribution in [2.24, 2.45) is 5.16 Å². The van der Waals surface area contributed by atoms with Gasteiger partial charge in [-0.05, 0) is 31.0 Å². The third-order valence-corrected chi connectivity index (χ3v) is 3.88. The Hall–Kier alpha value is -2.36. The number of fused-ring (bicyclic) bond motifs is 1. The van der Waals surface area contributed by atoms with Gasteiger partial charge in [0.2, 0.25) is 0 Å². The highest BCUT2D eigenvalue weighted by atomic mass is 16.4. The molecule has 0 fully saturated rings. The van der Waals surface area contributed by atoms with E-state index in [1.807, 2.05) is 36.5 Å². The van der Waals surface area contributed by atoms with Crippen molar-refractivity contribution in [3.8, 4) is 0 Å². The SMILES string of the molecule is O/N=C1/CCCN(CCc2ccccn2)c2ccccc21. The zero-order valence-electron chi connectivity index (χ0n) is 11.9. The zero-order valence-corrected chi connectivity index (χ0v) is 11.9. The van der Waals surface area contributed by atoms with Crippen LogP contribution in [0, 0.1) is 0 Å². The summed E-state index contributed by atoms with van der Waals surface area (Å²) in [5, 5.41) is 12.7. The third kappa shape index (κ3) is 3.05. The van der Waals surface area contributed by atoms with Crippen LogP contribution < -0.4 is 4.90 Å². The molecule has 4 nitrogen and oxygen atoms in total. The van der Waals surface area contributed by atoms with Gasteiger partial charge in [0, 0.05) is 42.7 Å². The maximum atomic E-state index is 9.22. The van der Waals surface area contributed by atoms with E-state index in [4.69, 9.17) is 0 Å². The molecule has 1 aromatic heterocycles. The van der Waals surface area contributed by atoms with E-state index >= 15 is 0 Å². The number of anilines is 1.